The van der Waals surface area contributed by atoms with E-state index in [1.165, 1.54) is 57.8 Å². The smallest absolute Gasteiger partial charge is 0.408 e. The third-order valence-corrected chi connectivity index (χ3v) is 6.47. The van der Waals surface area contributed by atoms with Gasteiger partial charge in [0.25, 0.3) is 0 Å². The van der Waals surface area contributed by atoms with Crippen molar-refractivity contribution in [2.75, 3.05) is 13.2 Å². The first-order chi connectivity index (χ1) is 8.92. The predicted molar refractivity (Wildman–Crippen MR) is 72.4 cm³/mol. The molecule has 3 aliphatic carbocycles. The van der Waals surface area contributed by atoms with E-state index in [2.05, 4.69) is 0 Å². The van der Waals surface area contributed by atoms with Crippen LogP contribution in [0.1, 0.15) is 57.8 Å². The normalized spacial score (nSPS) is 48.0. The molecule has 0 amide bonds. The van der Waals surface area contributed by atoms with Crippen molar-refractivity contribution in [3.63, 3.8) is 0 Å². The van der Waals surface area contributed by atoms with Gasteiger partial charge in [-0.2, -0.15) is 0 Å². The molecule has 0 aromatic carbocycles. The van der Waals surface area contributed by atoms with Crippen LogP contribution >= 0.6 is 0 Å². The highest BCUT2D eigenvalue weighted by molar-refractivity contribution is 6.49. The number of hydrogen-bond acceptors (Lipinski definition) is 2. The fourth-order valence-electron chi connectivity index (χ4n) is 5.99. The summed E-state index contributed by atoms with van der Waals surface area (Å²) < 4.78 is 12.1. The average molecular weight is 248 g/mol. The SMILES string of the molecule is C1CC2CCCC3CCCC(C1)C23B1OCCO1. The van der Waals surface area contributed by atoms with Crippen molar-refractivity contribution in [3.05, 3.63) is 0 Å². The highest BCUT2D eigenvalue weighted by Crippen LogP contribution is 2.68. The van der Waals surface area contributed by atoms with Crippen LogP contribution in [0.3, 0.4) is 0 Å². The predicted octanol–water partition coefficient (Wildman–Crippen LogP) is 3.66. The van der Waals surface area contributed by atoms with E-state index in [4.69, 9.17) is 9.31 Å². The van der Waals surface area contributed by atoms with Crippen LogP contribution in [0.15, 0.2) is 0 Å². The van der Waals surface area contributed by atoms with E-state index < -0.39 is 0 Å². The van der Waals surface area contributed by atoms with Gasteiger partial charge in [0.05, 0.1) is 13.2 Å². The molecule has 4 aliphatic rings. The van der Waals surface area contributed by atoms with Gasteiger partial charge in [-0.05, 0) is 17.8 Å². The Hall–Kier alpha value is -0.0151. The van der Waals surface area contributed by atoms with E-state index in [9.17, 15) is 0 Å². The fourth-order valence-corrected chi connectivity index (χ4v) is 5.99. The summed E-state index contributed by atoms with van der Waals surface area (Å²) in [5.41, 5.74) is 0. The van der Waals surface area contributed by atoms with Gasteiger partial charge in [0.2, 0.25) is 0 Å². The molecule has 0 aromatic heterocycles. The molecule has 0 atom stereocenters. The van der Waals surface area contributed by atoms with Gasteiger partial charge in [-0.3, -0.25) is 0 Å². The van der Waals surface area contributed by atoms with Crippen LogP contribution in [0.5, 0.6) is 0 Å². The first-order valence-electron chi connectivity index (χ1n) is 8.15. The van der Waals surface area contributed by atoms with E-state index in [1.807, 2.05) is 0 Å². The van der Waals surface area contributed by atoms with Gasteiger partial charge in [0.1, 0.15) is 0 Å². The molecule has 0 bridgehead atoms. The summed E-state index contributed by atoms with van der Waals surface area (Å²) >= 11 is 0. The van der Waals surface area contributed by atoms with Gasteiger partial charge < -0.3 is 9.31 Å². The standard InChI is InChI=1S/C15H25BO2/c1-4-12-6-2-8-14-9-3-7-13(5-1)15(12,14)16-17-10-11-18-16/h12-14H,1-11H2. The minimum atomic E-state index is 0.151. The zero-order chi connectivity index (χ0) is 12.0. The second-order valence-electron chi connectivity index (χ2n) is 6.96. The maximum absolute atomic E-state index is 6.07. The van der Waals surface area contributed by atoms with Crippen molar-refractivity contribution in [1.82, 2.24) is 0 Å². The Kier molecular flexibility index (Phi) is 2.96. The minimum absolute atomic E-state index is 0.151. The lowest BCUT2D eigenvalue weighted by molar-refractivity contribution is 0.00327. The average Bonchev–Trinajstić information content (AvgIpc) is 2.94. The summed E-state index contributed by atoms with van der Waals surface area (Å²) in [7, 11) is 0.151. The van der Waals surface area contributed by atoms with Crippen molar-refractivity contribution in [2.45, 2.75) is 63.1 Å². The van der Waals surface area contributed by atoms with Crippen molar-refractivity contribution in [3.8, 4) is 0 Å². The second kappa shape index (κ2) is 4.52. The molecule has 0 aromatic rings. The van der Waals surface area contributed by atoms with E-state index in [0.717, 1.165) is 31.0 Å². The Bertz CT molecular complexity index is 260. The third-order valence-electron chi connectivity index (χ3n) is 6.47. The maximum atomic E-state index is 6.07. The fraction of sp³-hybridized carbons (Fsp3) is 1.00. The Labute approximate surface area is 111 Å². The van der Waals surface area contributed by atoms with Crippen molar-refractivity contribution < 1.29 is 9.31 Å². The topological polar surface area (TPSA) is 18.5 Å². The lowest BCUT2D eigenvalue weighted by Gasteiger charge is -2.59. The van der Waals surface area contributed by atoms with Gasteiger partial charge in [-0.15, -0.1) is 0 Å². The molecule has 0 unspecified atom stereocenters. The summed E-state index contributed by atoms with van der Waals surface area (Å²) in [6.07, 6.45) is 13.0. The summed E-state index contributed by atoms with van der Waals surface area (Å²) in [6.45, 7) is 1.66. The molecule has 0 radical (unpaired) electrons. The highest BCUT2D eigenvalue weighted by atomic mass is 16.6. The van der Waals surface area contributed by atoms with Gasteiger partial charge in [0, 0.05) is 5.31 Å². The molecule has 100 valence electrons. The molecule has 1 heterocycles. The largest absolute Gasteiger partial charge is 0.464 e. The Morgan fingerprint density at radius 1 is 0.667 bits per heavy atom. The molecule has 4 fully saturated rings. The van der Waals surface area contributed by atoms with Crippen LogP contribution < -0.4 is 0 Å². The molecule has 4 rings (SSSR count). The molecule has 0 N–H and O–H groups in total. The lowest BCUT2D eigenvalue weighted by Crippen LogP contribution is -2.55. The summed E-state index contributed by atoms with van der Waals surface area (Å²) in [5, 5.41) is 0.422. The monoisotopic (exact) mass is 248 g/mol. The maximum Gasteiger partial charge on any atom is 0.464 e. The molecule has 0 spiro atoms. The molecule has 1 aliphatic heterocycles. The molecule has 3 heteroatoms. The summed E-state index contributed by atoms with van der Waals surface area (Å²) in [6, 6.07) is 0. The zero-order valence-electron chi connectivity index (χ0n) is 11.4. The Balaban J connectivity index is 1.75. The van der Waals surface area contributed by atoms with E-state index in [-0.39, 0.29) is 7.12 Å². The molecule has 1 saturated heterocycles. The highest BCUT2D eigenvalue weighted by Gasteiger charge is 2.63. The van der Waals surface area contributed by atoms with Crippen LogP contribution in [-0.4, -0.2) is 20.3 Å². The van der Waals surface area contributed by atoms with Crippen LogP contribution in [0.2, 0.25) is 5.31 Å². The molecule has 3 saturated carbocycles. The summed E-state index contributed by atoms with van der Waals surface area (Å²) in [4.78, 5) is 0. The van der Waals surface area contributed by atoms with Gasteiger partial charge in [-0.25, -0.2) is 0 Å². The molecule has 18 heavy (non-hydrogen) atoms. The van der Waals surface area contributed by atoms with Gasteiger partial charge in [-0.1, -0.05) is 57.8 Å². The van der Waals surface area contributed by atoms with E-state index in [1.54, 1.807) is 0 Å². The van der Waals surface area contributed by atoms with Crippen molar-refractivity contribution >= 4 is 7.12 Å². The van der Waals surface area contributed by atoms with Crippen LogP contribution in [0.25, 0.3) is 0 Å². The first-order valence-corrected chi connectivity index (χ1v) is 8.15. The van der Waals surface area contributed by atoms with Gasteiger partial charge >= 0.3 is 7.12 Å². The molecular weight excluding hydrogens is 223 g/mol. The van der Waals surface area contributed by atoms with Crippen LogP contribution in [0, 0.1) is 17.8 Å². The molecular formula is C15H25BO2. The lowest BCUT2D eigenvalue weighted by atomic mass is 9.33. The van der Waals surface area contributed by atoms with E-state index in [0.29, 0.717) is 5.31 Å². The molecule has 2 nitrogen and oxygen atoms in total. The third kappa shape index (κ3) is 1.50. The van der Waals surface area contributed by atoms with Crippen LogP contribution in [0.4, 0.5) is 0 Å². The number of rotatable bonds is 1. The Morgan fingerprint density at radius 3 is 1.44 bits per heavy atom. The summed E-state index contributed by atoms with van der Waals surface area (Å²) in [5.74, 6) is 2.70. The van der Waals surface area contributed by atoms with Gasteiger partial charge in [0.15, 0.2) is 0 Å². The first kappa shape index (κ1) is 11.8. The van der Waals surface area contributed by atoms with Crippen LogP contribution in [-0.2, 0) is 9.31 Å². The van der Waals surface area contributed by atoms with E-state index >= 15 is 0 Å². The van der Waals surface area contributed by atoms with Crippen molar-refractivity contribution in [2.24, 2.45) is 17.8 Å². The quantitative estimate of drug-likeness (QED) is 0.659. The zero-order valence-corrected chi connectivity index (χ0v) is 11.4. The second-order valence-corrected chi connectivity index (χ2v) is 6.96. The number of hydrogen-bond donors (Lipinski definition) is 0. The van der Waals surface area contributed by atoms with Crippen molar-refractivity contribution in [1.29, 1.82) is 0 Å². The Morgan fingerprint density at radius 2 is 1.06 bits per heavy atom. The minimum Gasteiger partial charge on any atom is -0.408 e.